The zero-order chi connectivity index (χ0) is 31.4. The number of hydrogen-bond donors (Lipinski definition) is 3. The number of aromatic nitrogens is 5. The lowest BCUT2D eigenvalue weighted by molar-refractivity contribution is -0.0313. The van der Waals surface area contributed by atoms with Crippen molar-refractivity contribution in [3.63, 3.8) is 0 Å². The van der Waals surface area contributed by atoms with Gasteiger partial charge in [0.1, 0.15) is 17.7 Å². The van der Waals surface area contributed by atoms with Crippen molar-refractivity contribution in [2.75, 3.05) is 13.7 Å². The van der Waals surface area contributed by atoms with E-state index in [4.69, 9.17) is 10.9 Å². The molecule has 3 N–H and O–H groups in total. The van der Waals surface area contributed by atoms with Crippen LogP contribution in [0.25, 0.3) is 17.8 Å². The lowest BCUT2D eigenvalue weighted by Crippen LogP contribution is -2.33. The number of methoxy groups -OCH3 is 1. The number of ether oxygens (including phenoxy) is 2. The van der Waals surface area contributed by atoms with Gasteiger partial charge in [-0.3, -0.25) is 14.3 Å². The second-order valence-electron chi connectivity index (χ2n) is 7.52. The zero-order valence-corrected chi connectivity index (χ0v) is 24.7. The van der Waals surface area contributed by atoms with Crippen molar-refractivity contribution in [2.24, 2.45) is 11.1 Å². The molecule has 0 spiro atoms. The summed E-state index contributed by atoms with van der Waals surface area (Å²) in [4.78, 5) is 26.8. The first-order valence-electron chi connectivity index (χ1n) is 13.8. The number of benzene rings is 1. The number of aliphatic hydroxyl groups excluding tert-OH is 1. The van der Waals surface area contributed by atoms with E-state index >= 15 is 0 Å². The Labute approximate surface area is 251 Å². The maximum absolute atomic E-state index is 12.3. The molecule has 0 amide bonds. The summed E-state index contributed by atoms with van der Waals surface area (Å²) in [6, 6.07) is 7.35. The minimum atomic E-state index is -0.552. The Hall–Kier alpha value is -4.03. The minimum absolute atomic E-state index is 0. The maximum atomic E-state index is 12.3. The van der Waals surface area contributed by atoms with Crippen LogP contribution in [0.3, 0.4) is 0 Å². The van der Waals surface area contributed by atoms with Gasteiger partial charge in [-0.25, -0.2) is 9.48 Å². The zero-order valence-electron chi connectivity index (χ0n) is 25.7. The van der Waals surface area contributed by atoms with Gasteiger partial charge in [-0.1, -0.05) is 68.5 Å². The fourth-order valence-electron chi connectivity index (χ4n) is 3.49. The van der Waals surface area contributed by atoms with Gasteiger partial charge < -0.3 is 19.8 Å². The molecular formula is C30H52N6O6. The number of oxime groups is 1. The predicted molar refractivity (Wildman–Crippen MR) is 172 cm³/mol. The van der Waals surface area contributed by atoms with Crippen molar-refractivity contribution in [2.45, 2.75) is 82.1 Å². The monoisotopic (exact) mass is 593 g/mol. The van der Waals surface area contributed by atoms with Crippen LogP contribution in [-0.2, 0) is 4.74 Å². The summed E-state index contributed by atoms with van der Waals surface area (Å²) in [5, 5.41) is 23.5. The van der Waals surface area contributed by atoms with Gasteiger partial charge >= 0.3 is 7.12 Å². The van der Waals surface area contributed by atoms with Crippen molar-refractivity contribution in [3.8, 4) is 11.4 Å². The fourth-order valence-corrected chi connectivity index (χ4v) is 3.49. The summed E-state index contributed by atoms with van der Waals surface area (Å²) >= 11 is 0. The molecule has 238 valence electrons. The highest BCUT2D eigenvalue weighted by Crippen LogP contribution is 2.31. The molecule has 12 heteroatoms. The van der Waals surface area contributed by atoms with Crippen molar-refractivity contribution in [1.82, 2.24) is 24.5 Å². The Morgan fingerprint density at radius 2 is 1.74 bits per heavy atom. The predicted octanol–water partition coefficient (Wildman–Crippen LogP) is 5.64. The van der Waals surface area contributed by atoms with Crippen LogP contribution in [0.1, 0.15) is 87.2 Å². The first kappa shape index (κ1) is 40.1. The Bertz CT molecular complexity index is 1270. The lowest BCUT2D eigenvalue weighted by atomic mass is 10.0. The normalized spacial score (nSPS) is 16.5. The van der Waals surface area contributed by atoms with E-state index in [1.165, 1.54) is 10.8 Å². The number of rotatable bonds is 7. The summed E-state index contributed by atoms with van der Waals surface area (Å²) in [6.07, 6.45) is 6.07. The highest BCUT2D eigenvalue weighted by atomic mass is 16.5. The van der Waals surface area contributed by atoms with Crippen LogP contribution in [0.4, 0.5) is 0 Å². The second-order valence-corrected chi connectivity index (χ2v) is 7.52. The quantitative estimate of drug-likeness (QED) is 0.180. The molecule has 1 aliphatic heterocycles. The molecule has 2 aromatic heterocycles. The maximum Gasteiger partial charge on any atom is 0.330 e. The molecule has 0 radical (unpaired) electrons. The Morgan fingerprint density at radius 3 is 2.24 bits per heavy atom. The van der Waals surface area contributed by atoms with Crippen LogP contribution in [0, 0.1) is 5.92 Å². The van der Waals surface area contributed by atoms with Crippen molar-refractivity contribution < 1.29 is 21.2 Å². The van der Waals surface area contributed by atoms with E-state index < -0.39 is 17.5 Å². The molecule has 12 nitrogen and oxygen atoms in total. The number of hydrogen-bond acceptors (Lipinski definition) is 9. The average Bonchev–Trinajstić information content (AvgIpc) is 3.66. The molecule has 1 fully saturated rings. The van der Waals surface area contributed by atoms with Crippen molar-refractivity contribution in [1.29, 1.82) is 0 Å². The second kappa shape index (κ2) is 23.7. The minimum Gasteiger partial charge on any atom is -0.497 e. The van der Waals surface area contributed by atoms with Crippen molar-refractivity contribution >= 4 is 18.9 Å². The number of nitrogens with one attached hydrogen (secondary N) is 1. The number of H-pyrrole nitrogens is 1. The van der Waals surface area contributed by atoms with Gasteiger partial charge in [-0.05, 0) is 48.8 Å². The molecule has 0 bridgehead atoms. The fraction of sp³-hybridized carbons (Fsp3) is 0.500. The van der Waals surface area contributed by atoms with Gasteiger partial charge in [0.15, 0.2) is 0 Å². The van der Waals surface area contributed by atoms with E-state index in [1.54, 1.807) is 30.1 Å². The lowest BCUT2D eigenvalue weighted by Gasteiger charge is -2.15. The average molecular weight is 594 g/mol. The van der Waals surface area contributed by atoms with Crippen LogP contribution >= 0.6 is 0 Å². The molecule has 0 aliphatic carbocycles. The topological polar surface area (TPSA) is 157 Å². The summed E-state index contributed by atoms with van der Waals surface area (Å²) in [7, 11) is 1.60. The molecule has 1 aliphatic rings. The Balaban J connectivity index is -0.00000119. The smallest absolute Gasteiger partial charge is 0.330 e. The summed E-state index contributed by atoms with van der Waals surface area (Å²) in [5.41, 5.74) is 0.569. The number of aliphatic hydroxyl groups is 1. The largest absolute Gasteiger partial charge is 0.497 e. The van der Waals surface area contributed by atoms with E-state index in [-0.39, 0.29) is 39.0 Å². The van der Waals surface area contributed by atoms with E-state index in [9.17, 15) is 14.7 Å². The van der Waals surface area contributed by atoms with Gasteiger partial charge in [0.05, 0.1) is 37.3 Å². The molecule has 0 saturated carbocycles. The highest BCUT2D eigenvalue weighted by molar-refractivity contribution is 5.66. The SMILES string of the molecule is C.C.CC.CC.CC.COc1ccc(-n2cc(/C=C/c3cn([C@H]4C[C@@H](C)[C@@H](CO)O4)c(=O)[nH]c3=O)nn2)cc1.[2H]ON=C. The van der Waals surface area contributed by atoms with Crippen LogP contribution < -0.4 is 16.0 Å². The van der Waals surface area contributed by atoms with E-state index in [0.717, 1.165) is 11.4 Å². The Kier molecular flexibility index (Phi) is 22.6. The van der Waals surface area contributed by atoms with Crippen LogP contribution in [0.2, 0.25) is 1.43 Å². The molecule has 4 rings (SSSR count). The van der Waals surface area contributed by atoms with Gasteiger partial charge in [-0.2, -0.15) is 0 Å². The Morgan fingerprint density at radius 1 is 1.14 bits per heavy atom. The molecule has 1 saturated heterocycles. The van der Waals surface area contributed by atoms with Gasteiger partial charge in [0.2, 0.25) is 0 Å². The number of nitrogens with zero attached hydrogens (tertiary/aromatic N) is 5. The first-order chi connectivity index (χ1) is 19.9. The third-order valence-corrected chi connectivity index (χ3v) is 5.31. The highest BCUT2D eigenvalue weighted by Gasteiger charge is 2.33. The molecule has 3 aromatic rings. The van der Waals surface area contributed by atoms with E-state index in [2.05, 4.69) is 32.4 Å². The summed E-state index contributed by atoms with van der Waals surface area (Å²) in [5.74, 6) is 0.838. The van der Waals surface area contributed by atoms with Gasteiger partial charge in [0.25, 0.3) is 5.56 Å². The standard InChI is InChI=1S/C21H23N5O5.3C2H6.CH3NO.2CH4/c1-13-9-19(31-18(13)12-27)25-10-14(20(28)22-21(25)29)3-4-15-11-26(24-23-15)16-5-7-17(30-2)8-6-16;3*1-2;1-2-3;;/h3-8,10-11,13,18-19,27H,9,12H2,1-2H3,(H,22,28,29);3*1-2H3;3H,1H2;2*1H4/b4-3+;;;;;;/t13-,18-,19-;;;;;;/m1....../s1/i/hD. The number of aromatic amines is 1. The molecule has 3 atom stereocenters. The van der Waals surface area contributed by atoms with Crippen LogP contribution in [-0.4, -0.2) is 61.4 Å². The van der Waals surface area contributed by atoms with Gasteiger partial charge in [0, 0.05) is 12.9 Å². The first-order valence-corrected chi connectivity index (χ1v) is 13.3. The van der Waals surface area contributed by atoms with Crippen LogP contribution in [0.5, 0.6) is 5.75 Å². The summed E-state index contributed by atoms with van der Waals surface area (Å²) < 4.78 is 19.6. The molecular weight excluding hydrogens is 540 g/mol. The van der Waals surface area contributed by atoms with Crippen molar-refractivity contribution in [3.05, 3.63) is 68.8 Å². The molecule has 3 heterocycles. The molecule has 0 unspecified atom stereocenters. The molecule has 42 heavy (non-hydrogen) atoms. The van der Waals surface area contributed by atoms with E-state index in [0.29, 0.717) is 12.1 Å². The van der Waals surface area contributed by atoms with E-state index in [1.807, 2.05) is 72.7 Å². The third kappa shape index (κ3) is 12.2. The third-order valence-electron chi connectivity index (χ3n) is 5.31. The van der Waals surface area contributed by atoms with Gasteiger partial charge in [-0.15, -0.1) is 10.3 Å². The molecule has 1 aromatic carbocycles. The summed E-state index contributed by atoms with van der Waals surface area (Å²) in [6.45, 7) is 16.6. The van der Waals surface area contributed by atoms with Crippen LogP contribution in [0.15, 0.2) is 51.4 Å².